The van der Waals surface area contributed by atoms with E-state index in [0.717, 1.165) is 21.6 Å². The average Bonchev–Trinajstić information content (AvgIpc) is 2.95. The molecule has 0 bridgehead atoms. The van der Waals surface area contributed by atoms with E-state index in [2.05, 4.69) is 57.7 Å². The van der Waals surface area contributed by atoms with Gasteiger partial charge in [-0.15, -0.1) is 0 Å². The minimum absolute atomic E-state index is 0.273. The molecule has 0 unspecified atom stereocenters. The average molecular weight is 395 g/mol. The topological polar surface area (TPSA) is 12.0 Å². The summed E-state index contributed by atoms with van der Waals surface area (Å²) in [5.41, 5.74) is 3.53. The van der Waals surface area contributed by atoms with Crippen LogP contribution < -0.4 is 5.32 Å². The maximum atomic E-state index is 6.46. The van der Waals surface area contributed by atoms with Crippen molar-refractivity contribution in [1.82, 2.24) is 0 Å². The smallest absolute Gasteiger partial charge is 0.0553 e. The molecule has 2 aromatic carbocycles. The number of nitrogens with one attached hydrogen (secondary N) is 1. The van der Waals surface area contributed by atoms with Crippen molar-refractivity contribution in [2.45, 2.75) is 18.4 Å². The zero-order valence-corrected chi connectivity index (χ0v) is 14.8. The van der Waals surface area contributed by atoms with Crippen molar-refractivity contribution in [2.75, 3.05) is 5.32 Å². The summed E-state index contributed by atoms with van der Waals surface area (Å²) in [6, 6.07) is 12.6. The number of benzene rings is 2. The second-order valence-corrected chi connectivity index (χ2v) is 7.64. The lowest BCUT2D eigenvalue weighted by molar-refractivity contribution is 0.425. The molecule has 0 amide bonds. The van der Waals surface area contributed by atoms with Crippen LogP contribution in [0.4, 0.5) is 5.69 Å². The predicted molar refractivity (Wildman–Crippen MR) is 97.0 cm³/mol. The van der Waals surface area contributed by atoms with Gasteiger partial charge in [0.2, 0.25) is 0 Å². The first kappa shape index (κ1) is 14.6. The highest BCUT2D eigenvalue weighted by Gasteiger charge is 2.39. The van der Waals surface area contributed by atoms with Crippen LogP contribution in [0.15, 0.2) is 53.0 Å². The van der Waals surface area contributed by atoms with Gasteiger partial charge in [0.15, 0.2) is 0 Å². The fourth-order valence-electron chi connectivity index (χ4n) is 3.64. The van der Waals surface area contributed by atoms with Crippen LogP contribution in [0.2, 0.25) is 10.0 Å². The van der Waals surface area contributed by atoms with Gasteiger partial charge in [0.1, 0.15) is 0 Å². The lowest BCUT2D eigenvalue weighted by Gasteiger charge is -2.38. The third-order valence-electron chi connectivity index (χ3n) is 4.61. The Morgan fingerprint density at radius 1 is 1.09 bits per heavy atom. The van der Waals surface area contributed by atoms with Crippen LogP contribution in [0.25, 0.3) is 0 Å². The second-order valence-electron chi connectivity index (χ2n) is 5.88. The summed E-state index contributed by atoms with van der Waals surface area (Å²) in [7, 11) is 0. The van der Waals surface area contributed by atoms with Crippen molar-refractivity contribution in [3.8, 4) is 0 Å². The molecule has 0 radical (unpaired) electrons. The zero-order chi connectivity index (χ0) is 15.3. The van der Waals surface area contributed by atoms with Crippen LogP contribution in [0.5, 0.6) is 0 Å². The van der Waals surface area contributed by atoms with Crippen molar-refractivity contribution < 1.29 is 0 Å². The third kappa shape index (κ3) is 2.38. The molecule has 2 aliphatic rings. The second kappa shape index (κ2) is 5.59. The molecule has 0 aromatic heterocycles. The fraction of sp³-hybridized carbons (Fsp3) is 0.222. The molecule has 1 aliphatic heterocycles. The van der Waals surface area contributed by atoms with Crippen LogP contribution in [0.3, 0.4) is 0 Å². The quantitative estimate of drug-likeness (QED) is 0.538. The summed E-state index contributed by atoms with van der Waals surface area (Å²) in [6.07, 6.45) is 5.62. The summed E-state index contributed by atoms with van der Waals surface area (Å²) in [4.78, 5) is 0. The Bertz CT molecular complexity index is 754. The van der Waals surface area contributed by atoms with Crippen LogP contribution in [-0.2, 0) is 0 Å². The van der Waals surface area contributed by atoms with Crippen molar-refractivity contribution >= 4 is 44.8 Å². The number of fused-ring (bicyclic) bond motifs is 3. The molecule has 2 aromatic rings. The van der Waals surface area contributed by atoms with E-state index in [4.69, 9.17) is 23.2 Å². The summed E-state index contributed by atoms with van der Waals surface area (Å²) in [5.74, 6) is 0.849. The molecule has 1 aliphatic carbocycles. The van der Waals surface area contributed by atoms with Crippen LogP contribution in [0.1, 0.15) is 29.5 Å². The molecule has 0 saturated carbocycles. The van der Waals surface area contributed by atoms with E-state index in [1.165, 1.54) is 11.1 Å². The molecule has 0 spiro atoms. The number of anilines is 1. The fourth-order valence-corrected chi connectivity index (χ4v) is 4.53. The Kier molecular flexibility index (Phi) is 3.72. The van der Waals surface area contributed by atoms with Crippen LogP contribution >= 0.6 is 39.1 Å². The highest BCUT2D eigenvalue weighted by atomic mass is 79.9. The SMILES string of the molecule is Clc1cc(Cl)c2c(c1)N[C@H](c1ccc(Br)cc1)[C@@H]1CC=C[C@H]21. The van der Waals surface area contributed by atoms with E-state index >= 15 is 0 Å². The maximum Gasteiger partial charge on any atom is 0.0553 e. The lowest BCUT2D eigenvalue weighted by atomic mass is 9.77. The van der Waals surface area contributed by atoms with Crippen molar-refractivity contribution in [2.24, 2.45) is 5.92 Å². The van der Waals surface area contributed by atoms with Crippen molar-refractivity contribution in [3.05, 3.63) is 74.2 Å². The third-order valence-corrected chi connectivity index (χ3v) is 5.67. The summed E-state index contributed by atoms with van der Waals surface area (Å²) in [6.45, 7) is 0. The molecule has 3 atom stereocenters. The summed E-state index contributed by atoms with van der Waals surface area (Å²) < 4.78 is 1.10. The molecular formula is C18H14BrCl2N. The van der Waals surface area contributed by atoms with Gasteiger partial charge in [-0.05, 0) is 42.2 Å². The van der Waals surface area contributed by atoms with Crippen molar-refractivity contribution in [1.29, 1.82) is 0 Å². The van der Waals surface area contributed by atoms with Gasteiger partial charge in [-0.3, -0.25) is 0 Å². The Morgan fingerprint density at radius 3 is 2.64 bits per heavy atom. The lowest BCUT2D eigenvalue weighted by Crippen LogP contribution is -2.29. The van der Waals surface area contributed by atoms with Gasteiger partial charge in [0.05, 0.1) is 6.04 Å². The number of hydrogen-bond acceptors (Lipinski definition) is 1. The Balaban J connectivity index is 1.82. The van der Waals surface area contributed by atoms with Gasteiger partial charge in [-0.2, -0.15) is 0 Å². The summed E-state index contributed by atoms with van der Waals surface area (Å²) in [5, 5.41) is 5.09. The highest BCUT2D eigenvalue weighted by Crippen LogP contribution is 2.52. The normalized spacial score (nSPS) is 25.5. The standard InChI is InChI=1S/C18H14BrCl2N/c19-11-6-4-10(5-7-11)18-14-3-1-2-13(14)17-15(21)8-12(20)9-16(17)22-18/h1-2,4-9,13-14,18,22H,3H2/t13-,14+,18+/m0/s1. The molecular weight excluding hydrogens is 381 g/mol. The first-order chi connectivity index (χ1) is 10.6. The number of allylic oxidation sites excluding steroid dienone is 2. The highest BCUT2D eigenvalue weighted by molar-refractivity contribution is 9.10. The summed E-state index contributed by atoms with van der Waals surface area (Å²) >= 11 is 16.2. The molecule has 4 heteroatoms. The van der Waals surface area contributed by atoms with Gasteiger partial charge < -0.3 is 5.32 Å². The van der Waals surface area contributed by atoms with E-state index in [0.29, 0.717) is 16.9 Å². The largest absolute Gasteiger partial charge is 0.378 e. The van der Waals surface area contributed by atoms with Gasteiger partial charge >= 0.3 is 0 Å². The van der Waals surface area contributed by atoms with Crippen LogP contribution in [-0.4, -0.2) is 0 Å². The molecule has 0 saturated heterocycles. The van der Waals surface area contributed by atoms with Gasteiger partial charge in [0.25, 0.3) is 0 Å². The Morgan fingerprint density at radius 2 is 1.86 bits per heavy atom. The number of halogens is 3. The Hall–Kier alpha value is -0.960. The van der Waals surface area contributed by atoms with Crippen molar-refractivity contribution in [3.63, 3.8) is 0 Å². The first-order valence-electron chi connectivity index (χ1n) is 7.31. The predicted octanol–water partition coefficient (Wildman–Crippen LogP) is 6.58. The van der Waals surface area contributed by atoms with E-state index in [1.54, 1.807) is 0 Å². The minimum Gasteiger partial charge on any atom is -0.378 e. The zero-order valence-electron chi connectivity index (χ0n) is 11.7. The molecule has 0 fully saturated rings. The first-order valence-corrected chi connectivity index (χ1v) is 8.86. The van der Waals surface area contributed by atoms with Gasteiger partial charge in [-0.1, -0.05) is 63.4 Å². The van der Waals surface area contributed by atoms with Gasteiger partial charge in [0, 0.05) is 31.7 Å². The minimum atomic E-state index is 0.273. The molecule has 4 rings (SSSR count). The maximum absolute atomic E-state index is 6.46. The molecule has 1 nitrogen and oxygen atoms in total. The van der Waals surface area contributed by atoms with Gasteiger partial charge in [-0.25, -0.2) is 0 Å². The molecule has 1 heterocycles. The molecule has 1 N–H and O–H groups in total. The number of rotatable bonds is 1. The molecule has 22 heavy (non-hydrogen) atoms. The number of hydrogen-bond donors (Lipinski definition) is 1. The van der Waals surface area contributed by atoms with E-state index in [-0.39, 0.29) is 6.04 Å². The van der Waals surface area contributed by atoms with Crippen LogP contribution in [0, 0.1) is 5.92 Å². The Labute approximate surface area is 148 Å². The van der Waals surface area contributed by atoms with E-state index < -0.39 is 0 Å². The monoisotopic (exact) mass is 393 g/mol. The molecule has 112 valence electrons. The van der Waals surface area contributed by atoms with E-state index in [9.17, 15) is 0 Å². The van der Waals surface area contributed by atoms with E-state index in [1.807, 2.05) is 12.1 Å².